The Hall–Kier alpha value is -3.35. The molecule has 2 saturated carbocycles. The Bertz CT molecular complexity index is 1110. The van der Waals surface area contributed by atoms with E-state index in [-0.39, 0.29) is 11.3 Å². The van der Waals surface area contributed by atoms with Gasteiger partial charge in [-0.25, -0.2) is 0 Å². The first-order valence-corrected chi connectivity index (χ1v) is 11.8. The van der Waals surface area contributed by atoms with Gasteiger partial charge in [-0.15, -0.1) is 12.8 Å². The number of benzene rings is 2. The number of terminal acetylenes is 1. The second-order valence-electron chi connectivity index (χ2n) is 9.84. The van der Waals surface area contributed by atoms with Crippen molar-refractivity contribution in [1.82, 2.24) is 0 Å². The SMILES string of the molecule is C#C.C[C@H]1CC2C3CCc4c(C#N)cccc4C3CC[C@]2(C)C1=O.Cc1ccc(C#N)cc1. The fourth-order valence-electron chi connectivity index (χ4n) is 6.46. The number of fused-ring (bicyclic) bond motifs is 5. The summed E-state index contributed by atoms with van der Waals surface area (Å²) < 4.78 is 0. The summed E-state index contributed by atoms with van der Waals surface area (Å²) >= 11 is 0. The highest BCUT2D eigenvalue weighted by Crippen LogP contribution is 2.60. The van der Waals surface area contributed by atoms with Crippen molar-refractivity contribution in [3.63, 3.8) is 0 Å². The van der Waals surface area contributed by atoms with Gasteiger partial charge in [0.05, 0.1) is 23.3 Å². The molecule has 2 aromatic rings. The standard InChI is InChI=1S/C20H23NO.C8H7N.C2H2/c1-12-10-18-17-7-6-14-13(11-21)4-3-5-15(14)16(17)8-9-20(18,2)19(12)22;1-7-2-4-8(6-9)5-3-7;1-2/h3-5,12,16-18H,6-10H2,1-2H3;2-5H,1H3;1-2H/t12-,16?,17?,18?,20-;;/m0../s1. The van der Waals surface area contributed by atoms with Crippen molar-refractivity contribution in [3.05, 3.63) is 70.3 Å². The van der Waals surface area contributed by atoms with Crippen LogP contribution in [0, 0.1) is 65.6 Å². The molecule has 0 bridgehead atoms. The van der Waals surface area contributed by atoms with Crippen LogP contribution < -0.4 is 0 Å². The molecule has 0 spiro atoms. The van der Waals surface area contributed by atoms with Crippen LogP contribution >= 0.6 is 0 Å². The molecule has 0 N–H and O–H groups in total. The summed E-state index contributed by atoms with van der Waals surface area (Å²) in [5.41, 5.74) is 5.39. The Morgan fingerprint density at radius 3 is 2.36 bits per heavy atom. The summed E-state index contributed by atoms with van der Waals surface area (Å²) in [7, 11) is 0. The molecule has 0 amide bonds. The van der Waals surface area contributed by atoms with E-state index in [1.54, 1.807) is 0 Å². The number of carbonyl (C=O) groups is 1. The lowest BCUT2D eigenvalue weighted by Gasteiger charge is -2.48. The zero-order valence-electron chi connectivity index (χ0n) is 19.8. The third-order valence-corrected chi connectivity index (χ3v) is 8.09. The van der Waals surface area contributed by atoms with Crippen LogP contribution in [-0.4, -0.2) is 5.78 Å². The molecular weight excluding hydrogens is 404 g/mol. The maximum absolute atomic E-state index is 12.6. The highest BCUT2D eigenvalue weighted by atomic mass is 16.1. The van der Waals surface area contributed by atoms with Crippen LogP contribution in [0.5, 0.6) is 0 Å². The van der Waals surface area contributed by atoms with Gasteiger partial charge in [-0.05, 0) is 86.1 Å². The van der Waals surface area contributed by atoms with E-state index in [0.717, 1.165) is 43.2 Å². The molecule has 33 heavy (non-hydrogen) atoms. The Balaban J connectivity index is 0.000000234. The summed E-state index contributed by atoms with van der Waals surface area (Å²) in [6.07, 6.45) is 13.4. The number of hydrogen-bond acceptors (Lipinski definition) is 3. The van der Waals surface area contributed by atoms with Crippen molar-refractivity contribution < 1.29 is 4.79 Å². The van der Waals surface area contributed by atoms with Gasteiger partial charge in [0.25, 0.3) is 0 Å². The fourth-order valence-corrected chi connectivity index (χ4v) is 6.46. The molecule has 0 radical (unpaired) electrons. The highest BCUT2D eigenvalue weighted by Gasteiger charge is 2.56. The second kappa shape index (κ2) is 10.1. The highest BCUT2D eigenvalue weighted by molar-refractivity contribution is 5.89. The molecule has 2 aromatic carbocycles. The van der Waals surface area contributed by atoms with Gasteiger partial charge in [-0.2, -0.15) is 10.5 Å². The van der Waals surface area contributed by atoms with Gasteiger partial charge in [0, 0.05) is 11.3 Å². The van der Waals surface area contributed by atoms with Crippen LogP contribution in [0.3, 0.4) is 0 Å². The normalized spacial score (nSPS) is 28.8. The molecule has 0 aliphatic heterocycles. The molecule has 0 heterocycles. The number of rotatable bonds is 0. The number of hydrogen-bond donors (Lipinski definition) is 0. The van der Waals surface area contributed by atoms with Gasteiger partial charge in [-0.1, -0.05) is 43.7 Å². The Morgan fingerprint density at radius 1 is 1.03 bits per heavy atom. The van der Waals surface area contributed by atoms with E-state index >= 15 is 0 Å². The van der Waals surface area contributed by atoms with Crippen LogP contribution in [0.15, 0.2) is 42.5 Å². The van der Waals surface area contributed by atoms with Crippen molar-refractivity contribution >= 4 is 5.78 Å². The van der Waals surface area contributed by atoms with E-state index in [4.69, 9.17) is 5.26 Å². The minimum atomic E-state index is -0.0784. The monoisotopic (exact) mass is 436 g/mol. The number of nitriles is 2. The summed E-state index contributed by atoms with van der Waals surface area (Å²) in [6.45, 7) is 6.34. The molecule has 3 heteroatoms. The lowest BCUT2D eigenvalue weighted by Crippen LogP contribution is -2.42. The third-order valence-electron chi connectivity index (χ3n) is 8.09. The minimum Gasteiger partial charge on any atom is -0.299 e. The molecule has 3 unspecified atom stereocenters. The molecule has 0 aromatic heterocycles. The van der Waals surface area contributed by atoms with Gasteiger partial charge in [0.15, 0.2) is 0 Å². The Kier molecular flexibility index (Phi) is 7.41. The van der Waals surface area contributed by atoms with Crippen molar-refractivity contribution in [2.24, 2.45) is 23.2 Å². The van der Waals surface area contributed by atoms with E-state index in [1.165, 1.54) is 16.7 Å². The summed E-state index contributed by atoms with van der Waals surface area (Å²) in [6, 6.07) is 18.1. The maximum Gasteiger partial charge on any atom is 0.141 e. The largest absolute Gasteiger partial charge is 0.299 e. The van der Waals surface area contributed by atoms with E-state index in [9.17, 15) is 10.1 Å². The van der Waals surface area contributed by atoms with Crippen molar-refractivity contribution in [2.45, 2.75) is 58.8 Å². The molecular formula is C30H32N2O. The first kappa shape index (κ1) is 24.3. The molecule has 3 nitrogen and oxygen atoms in total. The van der Waals surface area contributed by atoms with Crippen molar-refractivity contribution in [3.8, 4) is 25.0 Å². The number of carbonyl (C=O) groups excluding carboxylic acids is 1. The molecule has 3 aliphatic rings. The Labute approximate surface area is 198 Å². The van der Waals surface area contributed by atoms with Gasteiger partial charge in [-0.3, -0.25) is 4.79 Å². The predicted molar refractivity (Wildman–Crippen MR) is 131 cm³/mol. The second-order valence-corrected chi connectivity index (χ2v) is 9.84. The molecule has 3 aliphatic carbocycles. The van der Waals surface area contributed by atoms with Crippen LogP contribution in [0.1, 0.15) is 73.3 Å². The molecule has 5 rings (SSSR count). The van der Waals surface area contributed by atoms with Gasteiger partial charge in [0.1, 0.15) is 5.78 Å². The summed E-state index contributed by atoms with van der Waals surface area (Å²) in [5.74, 6) is 2.49. The van der Waals surface area contributed by atoms with E-state index < -0.39 is 0 Å². The van der Waals surface area contributed by atoms with Crippen LogP contribution in [0.4, 0.5) is 0 Å². The van der Waals surface area contributed by atoms with Crippen LogP contribution in [0.25, 0.3) is 0 Å². The van der Waals surface area contributed by atoms with Crippen LogP contribution in [0.2, 0.25) is 0 Å². The van der Waals surface area contributed by atoms with Gasteiger partial charge in [0.2, 0.25) is 0 Å². The molecule has 2 fully saturated rings. The van der Waals surface area contributed by atoms with Gasteiger partial charge >= 0.3 is 0 Å². The third kappa shape index (κ3) is 4.45. The quantitative estimate of drug-likeness (QED) is 0.452. The van der Waals surface area contributed by atoms with Crippen molar-refractivity contribution in [2.75, 3.05) is 0 Å². The van der Waals surface area contributed by atoms with Crippen LogP contribution in [-0.2, 0) is 11.2 Å². The molecule has 0 saturated heterocycles. The van der Waals surface area contributed by atoms with E-state index in [1.807, 2.05) is 43.3 Å². The lowest BCUT2D eigenvalue weighted by atomic mass is 9.55. The van der Waals surface area contributed by atoms with E-state index in [2.05, 4.69) is 44.9 Å². The van der Waals surface area contributed by atoms with E-state index in [0.29, 0.717) is 23.5 Å². The zero-order valence-corrected chi connectivity index (χ0v) is 19.8. The predicted octanol–water partition coefficient (Wildman–Crippen LogP) is 6.35. The first-order chi connectivity index (χ1) is 15.9. The number of aryl methyl sites for hydroxylation is 1. The molecule has 168 valence electrons. The maximum atomic E-state index is 12.6. The van der Waals surface area contributed by atoms with Gasteiger partial charge < -0.3 is 0 Å². The lowest BCUT2D eigenvalue weighted by molar-refractivity contribution is -0.131. The topological polar surface area (TPSA) is 64.7 Å². The average Bonchev–Trinajstić information content (AvgIpc) is 3.09. The first-order valence-electron chi connectivity index (χ1n) is 11.8. The minimum absolute atomic E-state index is 0.0784. The fraction of sp³-hybridized carbons (Fsp3) is 0.433. The Morgan fingerprint density at radius 2 is 1.73 bits per heavy atom. The average molecular weight is 437 g/mol. The van der Waals surface area contributed by atoms with Crippen molar-refractivity contribution in [1.29, 1.82) is 10.5 Å². The number of nitrogens with zero attached hydrogens (tertiary/aromatic N) is 2. The zero-order chi connectivity index (χ0) is 24.2. The smallest absolute Gasteiger partial charge is 0.141 e. The number of ketones is 1. The summed E-state index contributed by atoms with van der Waals surface area (Å²) in [5, 5.41) is 17.7. The molecule has 5 atom stereocenters. The number of Topliss-reactive ketones (excluding diaryl/α,β-unsaturated/α-hetero) is 1. The summed E-state index contributed by atoms with van der Waals surface area (Å²) in [4.78, 5) is 12.6.